The molecule has 1 fully saturated rings. The molecule has 1 heterocycles. The lowest BCUT2D eigenvalue weighted by atomic mass is 9.88. The van der Waals surface area contributed by atoms with Crippen molar-refractivity contribution in [3.8, 4) is 5.75 Å². The minimum atomic E-state index is -1.98. The number of rotatable bonds is 18. The highest BCUT2D eigenvalue weighted by Crippen LogP contribution is 2.24. The van der Waals surface area contributed by atoms with Gasteiger partial charge in [-0.3, -0.25) is 38.6 Å². The van der Waals surface area contributed by atoms with E-state index in [2.05, 4.69) is 20.9 Å². The zero-order valence-electron chi connectivity index (χ0n) is 27.8. The number of hydrogen-bond donors (Lipinski definition) is 9. The number of carboxylic acids is 1. The summed E-state index contributed by atoms with van der Waals surface area (Å²) in [7, 11) is 0. The molecule has 5 amide bonds. The zero-order chi connectivity index (χ0) is 37.1. The number of carbonyl (C=O) groups excluding carboxylic acids is 6. The molecule has 0 bridgehead atoms. The average molecular weight is 690 g/mol. The number of phenolic OH excluding ortho intramolecular Hbond substituents is 1. The van der Waals surface area contributed by atoms with Crippen molar-refractivity contribution in [2.24, 2.45) is 33.8 Å². The van der Waals surface area contributed by atoms with Crippen molar-refractivity contribution < 1.29 is 43.8 Å². The summed E-state index contributed by atoms with van der Waals surface area (Å²) in [5, 5.41) is 26.4. The summed E-state index contributed by atoms with van der Waals surface area (Å²) in [6.45, 7) is 4.53. The van der Waals surface area contributed by atoms with Crippen LogP contribution in [-0.4, -0.2) is 105 Å². The summed E-state index contributed by atoms with van der Waals surface area (Å²) >= 11 is 0. The highest BCUT2D eigenvalue weighted by Gasteiger charge is 2.46. The normalized spacial score (nSPS) is 17.2. The third-order valence-electron chi connectivity index (χ3n) is 8.14. The Kier molecular flexibility index (Phi) is 14.5. The van der Waals surface area contributed by atoms with Gasteiger partial charge in [0.1, 0.15) is 29.9 Å². The molecule has 13 N–H and O–H groups in total. The first-order valence-corrected chi connectivity index (χ1v) is 15.7. The molecule has 0 aliphatic carbocycles. The number of likely N-dealkylation sites (tertiary alicyclic amines) is 1. The number of nitrogens with one attached hydrogen (secondary N) is 3. The second kappa shape index (κ2) is 17.8. The van der Waals surface area contributed by atoms with Crippen LogP contribution in [0.1, 0.15) is 58.4 Å². The lowest BCUT2D eigenvalue weighted by molar-refractivity contribution is -0.148. The average Bonchev–Trinajstić information content (AvgIpc) is 3.51. The van der Waals surface area contributed by atoms with Gasteiger partial charge in [0.15, 0.2) is 17.3 Å². The van der Waals surface area contributed by atoms with Crippen LogP contribution >= 0.6 is 0 Å². The van der Waals surface area contributed by atoms with Crippen LogP contribution in [0.15, 0.2) is 29.3 Å². The van der Waals surface area contributed by atoms with Gasteiger partial charge in [-0.05, 0) is 56.2 Å². The number of Topliss-reactive ketones (excluding diaryl/α,β-unsaturated/α-hetero) is 1. The summed E-state index contributed by atoms with van der Waals surface area (Å²) in [5.74, 6) is -7.14. The van der Waals surface area contributed by atoms with Crippen molar-refractivity contribution in [2.45, 2.75) is 89.0 Å². The van der Waals surface area contributed by atoms with Crippen LogP contribution in [0.4, 0.5) is 0 Å². The van der Waals surface area contributed by atoms with Crippen LogP contribution in [0.25, 0.3) is 0 Å². The minimum Gasteiger partial charge on any atom is -0.508 e. The fourth-order valence-electron chi connectivity index (χ4n) is 5.33. The number of carbonyl (C=O) groups is 7. The maximum absolute atomic E-state index is 13.6. The molecule has 0 aromatic heterocycles. The molecule has 1 aromatic rings. The van der Waals surface area contributed by atoms with Gasteiger partial charge in [-0.1, -0.05) is 26.0 Å². The summed E-state index contributed by atoms with van der Waals surface area (Å²) in [4.78, 5) is 95.0. The number of aliphatic carboxylic acids is 1. The predicted octanol–water partition coefficient (Wildman–Crippen LogP) is -2.66. The smallest absolute Gasteiger partial charge is 0.305 e. The van der Waals surface area contributed by atoms with Crippen LogP contribution in [0.2, 0.25) is 0 Å². The summed E-state index contributed by atoms with van der Waals surface area (Å²) in [5.41, 5.74) is 21.0. The van der Waals surface area contributed by atoms with Gasteiger partial charge in [0.25, 0.3) is 5.91 Å². The number of phenols is 1. The number of hydrogen-bond acceptors (Lipinski definition) is 10. The van der Waals surface area contributed by atoms with Gasteiger partial charge >= 0.3 is 5.97 Å². The number of nitrogens with zero attached hydrogens (tertiary/aromatic N) is 2. The Balaban J connectivity index is 2.20. The molecule has 1 aromatic carbocycles. The molecule has 0 radical (unpaired) electrons. The van der Waals surface area contributed by atoms with Crippen LogP contribution in [0.3, 0.4) is 0 Å². The minimum absolute atomic E-state index is 0.000727. The van der Waals surface area contributed by atoms with E-state index < -0.39 is 83.3 Å². The quantitative estimate of drug-likeness (QED) is 0.0330. The van der Waals surface area contributed by atoms with E-state index in [0.717, 1.165) is 11.8 Å². The van der Waals surface area contributed by atoms with E-state index in [0.29, 0.717) is 12.0 Å². The van der Waals surface area contributed by atoms with Crippen molar-refractivity contribution in [1.29, 1.82) is 0 Å². The molecule has 270 valence electrons. The number of benzene rings is 1. The Labute approximate surface area is 283 Å². The summed E-state index contributed by atoms with van der Waals surface area (Å²) in [6.07, 6.45) is -0.299. The molecular formula is C31H47N9O9. The van der Waals surface area contributed by atoms with Crippen LogP contribution in [0, 0.1) is 5.92 Å². The van der Waals surface area contributed by atoms with Crippen molar-refractivity contribution in [3.63, 3.8) is 0 Å². The number of aromatic hydroxyl groups is 1. The van der Waals surface area contributed by atoms with Crippen LogP contribution in [-0.2, 0) is 40.0 Å². The molecule has 1 aliphatic heterocycles. The first-order chi connectivity index (χ1) is 22.9. The van der Waals surface area contributed by atoms with Crippen LogP contribution in [0.5, 0.6) is 5.75 Å². The molecule has 18 nitrogen and oxygen atoms in total. The van der Waals surface area contributed by atoms with Gasteiger partial charge in [0.2, 0.25) is 23.6 Å². The molecule has 1 aliphatic rings. The Morgan fingerprint density at radius 2 is 1.61 bits per heavy atom. The number of carboxylic acid groups (broad SMARTS) is 1. The SMILES string of the molecule is CC(=O)[C@@](N)(CCCN=C(N)N)C(=O)N1CCC[C@H]1C(=O)N[C@@H](CC(=O)O)C(=O)N[C@H](C(=O)N[C@@H](Cc1ccc(O)cc1)C(N)=O)C(C)C. The second-order valence-corrected chi connectivity index (χ2v) is 12.3. The van der Waals surface area contributed by atoms with E-state index in [1.807, 2.05) is 0 Å². The van der Waals surface area contributed by atoms with Gasteiger partial charge in [-0.25, -0.2) is 0 Å². The summed E-state index contributed by atoms with van der Waals surface area (Å²) in [6, 6.07) is 0.576. The van der Waals surface area contributed by atoms with Gasteiger partial charge in [0.05, 0.1) is 6.42 Å². The van der Waals surface area contributed by atoms with E-state index in [1.165, 1.54) is 12.1 Å². The standard InChI is InChI=1S/C31H47N9O9/c1-16(2)24(28(48)37-20(25(32)45)14-18-7-9-19(42)10-8-18)39-26(46)21(15-23(43)44)38-27(47)22-6-4-13-40(22)29(49)31(35,17(3)41)11-5-12-36-30(33)34/h7-10,16,20-22,24,42H,4-6,11-15,35H2,1-3H3,(H2,32,45)(H,37,48)(H,38,47)(H,39,46)(H,43,44)(H4,33,34,36)/t20-,21-,22-,24-,31-/m0/s1. The van der Waals surface area contributed by atoms with Crippen LogP contribution < -0.4 is 38.9 Å². The fourth-order valence-corrected chi connectivity index (χ4v) is 5.33. The Hall–Kier alpha value is -5.26. The number of amides is 5. The lowest BCUT2D eigenvalue weighted by Crippen LogP contribution is -2.63. The van der Waals surface area contributed by atoms with E-state index in [1.54, 1.807) is 26.0 Å². The first kappa shape index (κ1) is 39.9. The topological polar surface area (TPSA) is 316 Å². The van der Waals surface area contributed by atoms with Crippen molar-refractivity contribution in [1.82, 2.24) is 20.9 Å². The molecule has 0 unspecified atom stereocenters. The van der Waals surface area contributed by atoms with Gasteiger partial charge in [-0.2, -0.15) is 0 Å². The predicted molar refractivity (Wildman–Crippen MR) is 176 cm³/mol. The molecule has 2 rings (SSSR count). The van der Waals surface area contributed by atoms with E-state index in [-0.39, 0.29) is 50.5 Å². The number of nitrogens with two attached hydrogens (primary N) is 4. The molecule has 0 saturated carbocycles. The van der Waals surface area contributed by atoms with Gasteiger partial charge < -0.3 is 54.0 Å². The number of ketones is 1. The Bertz CT molecular complexity index is 1430. The number of aliphatic imine (C=N–C) groups is 1. The van der Waals surface area contributed by atoms with E-state index in [9.17, 15) is 43.8 Å². The maximum atomic E-state index is 13.6. The highest BCUT2D eigenvalue weighted by atomic mass is 16.4. The molecule has 1 saturated heterocycles. The third kappa shape index (κ3) is 11.4. The largest absolute Gasteiger partial charge is 0.508 e. The van der Waals surface area contributed by atoms with Crippen molar-refractivity contribution in [2.75, 3.05) is 13.1 Å². The van der Waals surface area contributed by atoms with E-state index in [4.69, 9.17) is 22.9 Å². The molecule has 5 atom stereocenters. The summed E-state index contributed by atoms with van der Waals surface area (Å²) < 4.78 is 0. The number of primary amides is 1. The third-order valence-corrected chi connectivity index (χ3v) is 8.14. The highest BCUT2D eigenvalue weighted by molar-refractivity contribution is 6.10. The number of guanidine groups is 1. The monoisotopic (exact) mass is 689 g/mol. The van der Waals surface area contributed by atoms with Gasteiger partial charge in [-0.15, -0.1) is 0 Å². The Morgan fingerprint density at radius 1 is 0.980 bits per heavy atom. The lowest BCUT2D eigenvalue weighted by Gasteiger charge is -2.34. The maximum Gasteiger partial charge on any atom is 0.305 e. The Morgan fingerprint density at radius 3 is 2.14 bits per heavy atom. The van der Waals surface area contributed by atoms with Gasteiger partial charge in [0, 0.05) is 19.5 Å². The zero-order valence-corrected chi connectivity index (χ0v) is 27.8. The molecule has 49 heavy (non-hydrogen) atoms. The van der Waals surface area contributed by atoms with Crippen molar-refractivity contribution >= 4 is 47.2 Å². The van der Waals surface area contributed by atoms with Crippen molar-refractivity contribution in [3.05, 3.63) is 29.8 Å². The van der Waals surface area contributed by atoms with E-state index >= 15 is 0 Å². The fraction of sp³-hybridized carbons (Fsp3) is 0.548. The molecule has 0 spiro atoms. The molecule has 18 heteroatoms. The molecular weight excluding hydrogens is 642 g/mol. The first-order valence-electron chi connectivity index (χ1n) is 15.7. The second-order valence-electron chi connectivity index (χ2n) is 12.3.